The Hall–Kier alpha value is -3.51. The Labute approximate surface area is 173 Å². The summed E-state index contributed by atoms with van der Waals surface area (Å²) in [5.41, 5.74) is 2.72. The van der Waals surface area contributed by atoms with Crippen LogP contribution in [0.3, 0.4) is 0 Å². The van der Waals surface area contributed by atoms with Crippen molar-refractivity contribution in [1.82, 2.24) is 20.3 Å². The van der Waals surface area contributed by atoms with E-state index in [2.05, 4.69) is 20.6 Å². The molecule has 0 saturated carbocycles. The van der Waals surface area contributed by atoms with E-state index >= 15 is 0 Å². The van der Waals surface area contributed by atoms with Crippen molar-refractivity contribution in [2.24, 2.45) is 0 Å². The van der Waals surface area contributed by atoms with Crippen molar-refractivity contribution < 1.29 is 4.79 Å². The summed E-state index contributed by atoms with van der Waals surface area (Å²) in [5, 5.41) is 7.47. The van der Waals surface area contributed by atoms with Crippen molar-refractivity contribution in [3.8, 4) is 11.4 Å². The monoisotopic (exact) mass is 403 g/mol. The predicted molar refractivity (Wildman–Crippen MR) is 116 cm³/mol. The van der Waals surface area contributed by atoms with Crippen LogP contribution >= 0.6 is 11.6 Å². The molecule has 0 saturated heterocycles. The number of benzene rings is 2. The molecule has 1 amide bonds. The van der Waals surface area contributed by atoms with Gasteiger partial charge in [-0.25, -0.2) is 9.97 Å². The topological polar surface area (TPSA) is 79.8 Å². The second kappa shape index (κ2) is 8.24. The van der Waals surface area contributed by atoms with Crippen molar-refractivity contribution in [3.63, 3.8) is 0 Å². The van der Waals surface area contributed by atoms with E-state index in [1.807, 2.05) is 43.3 Å². The summed E-state index contributed by atoms with van der Waals surface area (Å²) in [6, 6.07) is 16.5. The smallest absolute Gasteiger partial charge is 0.253 e. The average Bonchev–Trinajstić information content (AvgIpc) is 2.75. The van der Waals surface area contributed by atoms with E-state index in [-0.39, 0.29) is 5.91 Å². The van der Waals surface area contributed by atoms with Crippen molar-refractivity contribution >= 4 is 39.9 Å². The van der Waals surface area contributed by atoms with Gasteiger partial charge in [-0.1, -0.05) is 23.7 Å². The lowest BCUT2D eigenvalue weighted by Crippen LogP contribution is -2.23. The maximum Gasteiger partial charge on any atom is 0.253 e. The van der Waals surface area contributed by atoms with E-state index in [1.54, 1.807) is 30.6 Å². The molecule has 7 heteroatoms. The van der Waals surface area contributed by atoms with Gasteiger partial charge in [0.05, 0.1) is 16.8 Å². The van der Waals surface area contributed by atoms with Gasteiger partial charge in [0.2, 0.25) is 0 Å². The molecule has 6 nitrogen and oxygen atoms in total. The van der Waals surface area contributed by atoms with Crippen LogP contribution in [0.4, 0.5) is 11.5 Å². The minimum atomic E-state index is -0.153. The highest BCUT2D eigenvalue weighted by Crippen LogP contribution is 2.30. The summed E-state index contributed by atoms with van der Waals surface area (Å²) >= 11 is 6.22. The van der Waals surface area contributed by atoms with E-state index in [4.69, 9.17) is 16.6 Å². The second-order valence-corrected chi connectivity index (χ2v) is 6.77. The van der Waals surface area contributed by atoms with E-state index in [0.29, 0.717) is 34.5 Å². The number of anilines is 2. The lowest BCUT2D eigenvalue weighted by molar-refractivity contribution is 0.0956. The van der Waals surface area contributed by atoms with Crippen LogP contribution in [-0.4, -0.2) is 27.4 Å². The second-order valence-electron chi connectivity index (χ2n) is 6.33. The number of halogens is 1. The van der Waals surface area contributed by atoms with Crippen molar-refractivity contribution in [2.45, 2.75) is 6.92 Å². The predicted octanol–water partition coefficient (Wildman–Crippen LogP) is 4.84. The first kappa shape index (κ1) is 18.8. The van der Waals surface area contributed by atoms with Crippen molar-refractivity contribution in [2.75, 3.05) is 11.9 Å². The molecule has 4 rings (SSSR count). The number of carbonyl (C=O) groups excluding carboxylic acids is 1. The number of pyridine rings is 1. The number of amides is 1. The molecular weight excluding hydrogens is 386 g/mol. The van der Waals surface area contributed by atoms with Crippen molar-refractivity contribution in [1.29, 1.82) is 0 Å². The molecule has 0 unspecified atom stereocenters. The number of aromatic nitrogens is 3. The van der Waals surface area contributed by atoms with Crippen LogP contribution in [0, 0.1) is 0 Å². The third-order valence-electron chi connectivity index (χ3n) is 4.34. The Bertz CT molecular complexity index is 1180. The zero-order chi connectivity index (χ0) is 20.2. The van der Waals surface area contributed by atoms with Crippen LogP contribution in [0.2, 0.25) is 5.02 Å². The molecule has 0 radical (unpaired) electrons. The number of nitrogens with one attached hydrogen (secondary N) is 2. The summed E-state index contributed by atoms with van der Waals surface area (Å²) in [6.07, 6.45) is 3.41. The molecule has 0 aliphatic carbocycles. The summed E-state index contributed by atoms with van der Waals surface area (Å²) in [4.78, 5) is 25.9. The molecule has 0 spiro atoms. The van der Waals surface area contributed by atoms with Gasteiger partial charge < -0.3 is 10.6 Å². The van der Waals surface area contributed by atoms with Gasteiger partial charge in [0, 0.05) is 34.9 Å². The van der Waals surface area contributed by atoms with E-state index < -0.39 is 0 Å². The van der Waals surface area contributed by atoms with E-state index in [1.165, 1.54) is 0 Å². The summed E-state index contributed by atoms with van der Waals surface area (Å²) in [5.74, 6) is 0.943. The zero-order valence-corrected chi connectivity index (χ0v) is 16.4. The van der Waals surface area contributed by atoms with Crippen LogP contribution in [-0.2, 0) is 0 Å². The summed E-state index contributed by atoms with van der Waals surface area (Å²) in [6.45, 7) is 2.43. The molecule has 2 aromatic heterocycles. The molecule has 29 heavy (non-hydrogen) atoms. The molecular formula is C22H18ClN5O. The number of nitrogens with zero attached hydrogens (tertiary/aromatic N) is 3. The number of rotatable bonds is 5. The highest BCUT2D eigenvalue weighted by Gasteiger charge is 2.14. The first-order chi connectivity index (χ1) is 14.2. The number of hydrogen-bond acceptors (Lipinski definition) is 5. The van der Waals surface area contributed by atoms with Crippen molar-refractivity contribution in [3.05, 3.63) is 77.6 Å². The first-order valence-electron chi connectivity index (χ1n) is 9.17. The third-order valence-corrected chi connectivity index (χ3v) is 4.57. The minimum absolute atomic E-state index is 0.153. The van der Waals surface area contributed by atoms with Crippen LogP contribution < -0.4 is 10.6 Å². The molecule has 2 aromatic carbocycles. The lowest BCUT2D eigenvalue weighted by Gasteiger charge is -2.14. The number of carbonyl (C=O) groups is 1. The fourth-order valence-electron chi connectivity index (χ4n) is 2.99. The summed E-state index contributed by atoms with van der Waals surface area (Å²) in [7, 11) is 0. The van der Waals surface area contributed by atoms with Crippen LogP contribution in [0.25, 0.3) is 22.3 Å². The largest absolute Gasteiger partial charge is 0.352 e. The highest BCUT2D eigenvalue weighted by atomic mass is 35.5. The molecule has 2 N–H and O–H groups in total. The van der Waals surface area contributed by atoms with Gasteiger partial charge in [-0.2, -0.15) is 0 Å². The third kappa shape index (κ3) is 4.02. The molecule has 0 aliphatic heterocycles. The Balaban J connectivity index is 1.85. The van der Waals surface area contributed by atoms with Crippen LogP contribution in [0.5, 0.6) is 0 Å². The Kier molecular flexibility index (Phi) is 5.35. The fourth-order valence-corrected chi connectivity index (χ4v) is 3.17. The van der Waals surface area contributed by atoms with Gasteiger partial charge in [0.15, 0.2) is 5.82 Å². The fraction of sp³-hybridized carbons (Fsp3) is 0.0909. The quantitative estimate of drug-likeness (QED) is 0.498. The van der Waals surface area contributed by atoms with Gasteiger partial charge >= 0.3 is 0 Å². The first-order valence-corrected chi connectivity index (χ1v) is 9.55. The van der Waals surface area contributed by atoms with Crippen LogP contribution in [0.15, 0.2) is 67.0 Å². The standard InChI is InChI=1S/C22H18ClN5O/c1-2-25-22(29)16-7-3-4-8-18(16)27-21-17-12-15(23)9-10-19(17)26-20(28-21)14-6-5-11-24-13-14/h3-13H,2H2,1H3,(H,25,29)(H,26,27,28). The Morgan fingerprint density at radius 2 is 1.93 bits per heavy atom. The van der Waals surface area contributed by atoms with Gasteiger partial charge in [-0.15, -0.1) is 0 Å². The average molecular weight is 404 g/mol. The SMILES string of the molecule is CCNC(=O)c1ccccc1Nc1nc(-c2cccnc2)nc2ccc(Cl)cc12. The molecule has 0 fully saturated rings. The van der Waals surface area contributed by atoms with E-state index in [9.17, 15) is 4.79 Å². The molecule has 0 atom stereocenters. The molecule has 0 bridgehead atoms. The summed E-state index contributed by atoms with van der Waals surface area (Å²) < 4.78 is 0. The Morgan fingerprint density at radius 1 is 1.07 bits per heavy atom. The molecule has 4 aromatic rings. The zero-order valence-electron chi connectivity index (χ0n) is 15.7. The molecule has 0 aliphatic rings. The molecule has 144 valence electrons. The minimum Gasteiger partial charge on any atom is -0.352 e. The highest BCUT2D eigenvalue weighted by molar-refractivity contribution is 6.31. The van der Waals surface area contributed by atoms with Gasteiger partial charge in [0.1, 0.15) is 5.82 Å². The molecule has 2 heterocycles. The number of fused-ring (bicyclic) bond motifs is 1. The van der Waals surface area contributed by atoms with Gasteiger partial charge in [0.25, 0.3) is 5.91 Å². The van der Waals surface area contributed by atoms with Gasteiger partial charge in [-0.3, -0.25) is 9.78 Å². The van der Waals surface area contributed by atoms with Crippen LogP contribution in [0.1, 0.15) is 17.3 Å². The maximum absolute atomic E-state index is 12.4. The van der Waals surface area contributed by atoms with E-state index in [0.717, 1.165) is 16.5 Å². The Morgan fingerprint density at radius 3 is 2.72 bits per heavy atom. The number of para-hydroxylation sites is 1. The number of hydrogen-bond donors (Lipinski definition) is 2. The lowest BCUT2D eigenvalue weighted by atomic mass is 10.1. The van der Waals surface area contributed by atoms with Gasteiger partial charge in [-0.05, 0) is 49.4 Å². The normalized spacial score (nSPS) is 10.7. The maximum atomic E-state index is 12.4.